The molecule has 0 aliphatic carbocycles. The molecule has 1 amide bonds. The monoisotopic (exact) mass is 467 g/mol. The Balaban J connectivity index is 2.60. The molecule has 0 spiro atoms. The van der Waals surface area contributed by atoms with Crippen LogP contribution in [0.1, 0.15) is 59.9 Å². The fourth-order valence-corrected chi connectivity index (χ4v) is 2.88. The molecule has 0 saturated heterocycles. The summed E-state index contributed by atoms with van der Waals surface area (Å²) in [6.07, 6.45) is 0.868. The maximum absolute atomic E-state index is 12.5. The normalized spacial score (nSPS) is 12.5. The molecule has 8 nitrogen and oxygen atoms in total. The van der Waals surface area contributed by atoms with Crippen LogP contribution in [0.15, 0.2) is 24.3 Å². The molecule has 188 valence electrons. The van der Waals surface area contributed by atoms with Crippen molar-refractivity contribution in [3.05, 3.63) is 29.8 Å². The Hall–Kier alpha value is -2.32. The minimum atomic E-state index is -0.982. The van der Waals surface area contributed by atoms with E-state index in [9.17, 15) is 14.7 Å². The summed E-state index contributed by atoms with van der Waals surface area (Å²) < 4.78 is 22.3. The number of benzene rings is 1. The molecule has 0 aromatic heterocycles. The number of nitrogens with zero attached hydrogens (tertiary/aromatic N) is 1. The van der Waals surface area contributed by atoms with E-state index in [0.717, 1.165) is 18.4 Å². The van der Waals surface area contributed by atoms with Crippen LogP contribution in [0.3, 0.4) is 0 Å². The lowest BCUT2D eigenvalue weighted by atomic mass is 10.1. The van der Waals surface area contributed by atoms with Gasteiger partial charge in [0.05, 0.1) is 19.3 Å². The second-order valence-corrected chi connectivity index (χ2v) is 9.14. The molecular formula is C25H41NO7. The molecule has 1 aromatic carbocycles. The van der Waals surface area contributed by atoms with E-state index in [4.69, 9.17) is 18.9 Å². The maximum atomic E-state index is 12.5. The standard InChI is InChI=1S/C25H41NO7/c1-7-8-15-30-16-13-26(24(29)33-25(4,5)6)14-17-31-21-11-9-20(10-12-21)18-22(23(27)28)32-19(2)3/h9-12,19,22H,7-8,13-18H2,1-6H3,(H,27,28). The highest BCUT2D eigenvalue weighted by Gasteiger charge is 2.22. The zero-order chi connectivity index (χ0) is 24.9. The van der Waals surface area contributed by atoms with Crippen molar-refractivity contribution in [3.63, 3.8) is 0 Å². The van der Waals surface area contributed by atoms with Crippen molar-refractivity contribution in [3.8, 4) is 5.75 Å². The van der Waals surface area contributed by atoms with Crippen LogP contribution >= 0.6 is 0 Å². The summed E-state index contributed by atoms with van der Waals surface area (Å²) in [5.74, 6) is -0.344. The molecule has 33 heavy (non-hydrogen) atoms. The quantitative estimate of drug-likeness (QED) is 0.378. The molecule has 0 aliphatic heterocycles. The molecule has 1 atom stereocenters. The Morgan fingerprint density at radius 2 is 1.67 bits per heavy atom. The first-order valence-electron chi connectivity index (χ1n) is 11.7. The molecule has 0 saturated carbocycles. The van der Waals surface area contributed by atoms with E-state index >= 15 is 0 Å². The average molecular weight is 468 g/mol. The summed E-state index contributed by atoms with van der Waals surface area (Å²) in [7, 11) is 0. The summed E-state index contributed by atoms with van der Waals surface area (Å²) in [5.41, 5.74) is 0.261. The van der Waals surface area contributed by atoms with Crippen molar-refractivity contribution in [2.24, 2.45) is 0 Å². The van der Waals surface area contributed by atoms with Gasteiger partial charge in [-0.1, -0.05) is 25.5 Å². The van der Waals surface area contributed by atoms with Gasteiger partial charge in [-0.15, -0.1) is 0 Å². The molecular weight excluding hydrogens is 426 g/mol. The van der Waals surface area contributed by atoms with Gasteiger partial charge in [0.1, 0.15) is 18.0 Å². The van der Waals surface area contributed by atoms with Gasteiger partial charge in [0.25, 0.3) is 0 Å². The predicted molar refractivity (Wildman–Crippen MR) is 127 cm³/mol. The Morgan fingerprint density at radius 3 is 2.21 bits per heavy atom. The van der Waals surface area contributed by atoms with Gasteiger partial charge in [0, 0.05) is 19.6 Å². The van der Waals surface area contributed by atoms with Gasteiger partial charge in [0.15, 0.2) is 6.10 Å². The third kappa shape index (κ3) is 13.1. The molecule has 1 N–H and O–H groups in total. The van der Waals surface area contributed by atoms with Crippen LogP contribution in [-0.2, 0) is 25.4 Å². The van der Waals surface area contributed by atoms with Gasteiger partial charge < -0.3 is 29.0 Å². The van der Waals surface area contributed by atoms with Gasteiger partial charge in [-0.2, -0.15) is 0 Å². The molecule has 1 unspecified atom stereocenters. The number of unbranched alkanes of at least 4 members (excludes halogenated alkanes) is 1. The predicted octanol–water partition coefficient (Wildman–Crippen LogP) is 4.54. The first-order valence-corrected chi connectivity index (χ1v) is 11.7. The highest BCUT2D eigenvalue weighted by molar-refractivity contribution is 5.72. The van der Waals surface area contributed by atoms with Crippen molar-refractivity contribution in [2.75, 3.05) is 32.9 Å². The SMILES string of the molecule is CCCCOCCN(CCOc1ccc(CC(OC(C)C)C(=O)O)cc1)C(=O)OC(C)(C)C. The van der Waals surface area contributed by atoms with E-state index in [1.807, 2.05) is 46.8 Å². The molecule has 0 radical (unpaired) electrons. The van der Waals surface area contributed by atoms with E-state index in [2.05, 4.69) is 6.92 Å². The number of hydrogen-bond donors (Lipinski definition) is 1. The van der Waals surface area contributed by atoms with Crippen LogP contribution in [-0.4, -0.2) is 72.8 Å². The Bertz CT molecular complexity index is 698. The average Bonchev–Trinajstić information content (AvgIpc) is 2.71. The second kappa shape index (κ2) is 14.8. The highest BCUT2D eigenvalue weighted by atomic mass is 16.6. The van der Waals surface area contributed by atoms with E-state index in [0.29, 0.717) is 38.7 Å². The van der Waals surface area contributed by atoms with Crippen LogP contribution in [0.4, 0.5) is 4.79 Å². The zero-order valence-electron chi connectivity index (χ0n) is 21.0. The van der Waals surface area contributed by atoms with Crippen molar-refractivity contribution < 1.29 is 33.6 Å². The Morgan fingerprint density at radius 1 is 1.03 bits per heavy atom. The molecule has 0 aliphatic rings. The Labute approximate surface area is 198 Å². The van der Waals surface area contributed by atoms with Gasteiger partial charge in [-0.05, 0) is 58.7 Å². The summed E-state index contributed by atoms with van der Waals surface area (Å²) >= 11 is 0. The van der Waals surface area contributed by atoms with Crippen LogP contribution < -0.4 is 4.74 Å². The minimum Gasteiger partial charge on any atom is -0.492 e. The van der Waals surface area contributed by atoms with E-state index in [1.54, 1.807) is 17.0 Å². The number of carbonyl (C=O) groups is 2. The van der Waals surface area contributed by atoms with Crippen LogP contribution in [0.2, 0.25) is 0 Å². The topological polar surface area (TPSA) is 94.5 Å². The van der Waals surface area contributed by atoms with Crippen molar-refractivity contribution in [1.82, 2.24) is 4.90 Å². The largest absolute Gasteiger partial charge is 0.492 e. The summed E-state index contributed by atoms with van der Waals surface area (Å²) in [6.45, 7) is 13.4. The minimum absolute atomic E-state index is 0.168. The summed E-state index contributed by atoms with van der Waals surface area (Å²) in [5, 5.41) is 9.32. The van der Waals surface area contributed by atoms with Gasteiger partial charge in [-0.3, -0.25) is 0 Å². The van der Waals surface area contributed by atoms with Crippen molar-refractivity contribution in [2.45, 2.75) is 78.6 Å². The van der Waals surface area contributed by atoms with E-state index in [1.165, 1.54) is 0 Å². The first-order chi connectivity index (χ1) is 15.5. The highest BCUT2D eigenvalue weighted by Crippen LogP contribution is 2.16. The van der Waals surface area contributed by atoms with Crippen LogP contribution in [0.5, 0.6) is 5.75 Å². The maximum Gasteiger partial charge on any atom is 0.410 e. The van der Waals surface area contributed by atoms with Gasteiger partial charge in [0.2, 0.25) is 0 Å². The lowest BCUT2D eigenvalue weighted by Gasteiger charge is -2.27. The van der Waals surface area contributed by atoms with Crippen LogP contribution in [0, 0.1) is 0 Å². The number of carboxylic acids is 1. The molecule has 0 fully saturated rings. The number of amides is 1. The lowest BCUT2D eigenvalue weighted by molar-refractivity contribution is -0.153. The van der Waals surface area contributed by atoms with Gasteiger partial charge >= 0.3 is 12.1 Å². The lowest BCUT2D eigenvalue weighted by Crippen LogP contribution is -2.41. The molecule has 1 aromatic rings. The third-order valence-electron chi connectivity index (χ3n) is 4.49. The summed E-state index contributed by atoms with van der Waals surface area (Å²) in [4.78, 5) is 25.5. The van der Waals surface area contributed by atoms with Crippen LogP contribution in [0.25, 0.3) is 0 Å². The fourth-order valence-electron chi connectivity index (χ4n) is 2.88. The van der Waals surface area contributed by atoms with E-state index in [-0.39, 0.29) is 12.5 Å². The number of hydrogen-bond acceptors (Lipinski definition) is 6. The van der Waals surface area contributed by atoms with Gasteiger partial charge in [-0.25, -0.2) is 9.59 Å². The molecule has 8 heteroatoms. The molecule has 0 heterocycles. The number of aliphatic carboxylic acids is 1. The number of carboxylic acid groups (broad SMARTS) is 1. The summed E-state index contributed by atoms with van der Waals surface area (Å²) in [6, 6.07) is 7.22. The number of rotatable bonds is 15. The molecule has 0 bridgehead atoms. The number of carbonyl (C=O) groups excluding carboxylic acids is 1. The van der Waals surface area contributed by atoms with E-state index < -0.39 is 23.8 Å². The second-order valence-electron chi connectivity index (χ2n) is 9.14. The molecule has 1 rings (SSSR count). The fraction of sp³-hybridized carbons (Fsp3) is 0.680. The Kier molecular flexibility index (Phi) is 12.8. The van der Waals surface area contributed by atoms with Crippen molar-refractivity contribution >= 4 is 12.1 Å². The third-order valence-corrected chi connectivity index (χ3v) is 4.49. The zero-order valence-corrected chi connectivity index (χ0v) is 21.0. The smallest absolute Gasteiger partial charge is 0.410 e. The first kappa shape index (κ1) is 28.7. The number of ether oxygens (including phenoxy) is 4. The van der Waals surface area contributed by atoms with Crippen molar-refractivity contribution in [1.29, 1.82) is 0 Å².